The molecule has 25 heavy (non-hydrogen) atoms. The van der Waals surface area contributed by atoms with Gasteiger partial charge >= 0.3 is 0 Å². The molecule has 2 saturated heterocycles. The molecule has 0 aromatic carbocycles. The van der Waals surface area contributed by atoms with Crippen molar-refractivity contribution < 1.29 is 4.74 Å². The molecule has 1 spiro atoms. The summed E-state index contributed by atoms with van der Waals surface area (Å²) in [6, 6.07) is 0. The van der Waals surface area contributed by atoms with Gasteiger partial charge in [0.1, 0.15) is 0 Å². The summed E-state index contributed by atoms with van der Waals surface area (Å²) in [6.45, 7) is 16.1. The van der Waals surface area contributed by atoms with Gasteiger partial charge in [-0.25, -0.2) is 4.68 Å². The molecule has 1 aromatic rings. The summed E-state index contributed by atoms with van der Waals surface area (Å²) in [4.78, 5) is 2.62. The molecule has 5 nitrogen and oxygen atoms in total. The molecule has 6 heteroatoms. The van der Waals surface area contributed by atoms with Crippen molar-refractivity contribution >= 4 is 12.4 Å². The lowest BCUT2D eigenvalue weighted by Crippen LogP contribution is -2.38. The zero-order valence-corrected chi connectivity index (χ0v) is 17.1. The second-order valence-corrected chi connectivity index (χ2v) is 8.09. The lowest BCUT2D eigenvalue weighted by molar-refractivity contribution is 0.192. The van der Waals surface area contributed by atoms with Crippen molar-refractivity contribution in [2.45, 2.75) is 60.0 Å². The van der Waals surface area contributed by atoms with E-state index in [2.05, 4.69) is 42.6 Å². The fraction of sp³-hybridized carbons (Fsp3) is 0.842. The van der Waals surface area contributed by atoms with Gasteiger partial charge in [0.15, 0.2) is 0 Å². The number of piperidine rings is 1. The Labute approximate surface area is 158 Å². The largest absolute Gasteiger partial charge is 0.478 e. The fourth-order valence-electron chi connectivity index (χ4n) is 4.30. The molecule has 3 heterocycles. The van der Waals surface area contributed by atoms with Crippen LogP contribution in [-0.2, 0) is 13.1 Å². The van der Waals surface area contributed by atoms with Gasteiger partial charge in [0.05, 0.1) is 17.9 Å². The highest BCUT2D eigenvalue weighted by Crippen LogP contribution is 2.39. The Hall–Kier alpha value is -0.780. The number of nitrogens with zero attached hydrogens (tertiary/aromatic N) is 3. The third-order valence-electron chi connectivity index (χ3n) is 5.58. The number of ether oxygens (including phenoxy) is 1. The van der Waals surface area contributed by atoms with E-state index in [1.807, 2.05) is 0 Å². The number of hydrogen-bond donors (Lipinski definition) is 1. The van der Waals surface area contributed by atoms with E-state index in [9.17, 15) is 0 Å². The highest BCUT2D eigenvalue weighted by molar-refractivity contribution is 5.85. The van der Waals surface area contributed by atoms with Gasteiger partial charge in [-0.2, -0.15) is 5.10 Å². The standard InChI is InChI=1S/C19H34N4O.ClH/c1-5-24-18-17(16(4)21-23(18)12-15(2)3)13-22-11-8-19(14-22)6-9-20-10-7-19;/h15,20H,5-14H2,1-4H3;1H. The van der Waals surface area contributed by atoms with Gasteiger partial charge in [-0.15, -0.1) is 12.4 Å². The minimum absolute atomic E-state index is 0. The molecule has 2 aliphatic heterocycles. The summed E-state index contributed by atoms with van der Waals surface area (Å²) in [5, 5.41) is 8.28. The van der Waals surface area contributed by atoms with E-state index in [-0.39, 0.29) is 12.4 Å². The Morgan fingerprint density at radius 1 is 1.24 bits per heavy atom. The number of halogens is 1. The first-order valence-corrected chi connectivity index (χ1v) is 9.65. The first-order valence-electron chi connectivity index (χ1n) is 9.65. The van der Waals surface area contributed by atoms with E-state index in [4.69, 9.17) is 9.84 Å². The van der Waals surface area contributed by atoms with E-state index in [0.29, 0.717) is 17.9 Å². The molecule has 144 valence electrons. The van der Waals surface area contributed by atoms with Crippen LogP contribution in [0.5, 0.6) is 5.88 Å². The molecule has 2 aliphatic rings. The molecule has 0 radical (unpaired) electrons. The third-order valence-corrected chi connectivity index (χ3v) is 5.58. The summed E-state index contributed by atoms with van der Waals surface area (Å²) in [7, 11) is 0. The van der Waals surface area contributed by atoms with Gasteiger partial charge in [-0.1, -0.05) is 13.8 Å². The lowest BCUT2D eigenvalue weighted by Gasteiger charge is -2.33. The van der Waals surface area contributed by atoms with Crippen LogP contribution in [0.3, 0.4) is 0 Å². The van der Waals surface area contributed by atoms with Gasteiger partial charge in [0.25, 0.3) is 0 Å². The van der Waals surface area contributed by atoms with Crippen LogP contribution >= 0.6 is 12.4 Å². The maximum atomic E-state index is 6.00. The minimum atomic E-state index is 0. The zero-order valence-electron chi connectivity index (χ0n) is 16.3. The van der Waals surface area contributed by atoms with Crippen molar-refractivity contribution in [2.24, 2.45) is 11.3 Å². The highest BCUT2D eigenvalue weighted by atomic mass is 35.5. The first-order chi connectivity index (χ1) is 11.5. The normalized spacial score (nSPS) is 20.2. The average Bonchev–Trinajstić information content (AvgIpc) is 3.04. The van der Waals surface area contributed by atoms with E-state index < -0.39 is 0 Å². The maximum absolute atomic E-state index is 6.00. The SMILES string of the molecule is CCOc1c(CN2CCC3(CCNCC3)C2)c(C)nn1CC(C)C.Cl. The van der Waals surface area contributed by atoms with Crippen LogP contribution in [0.25, 0.3) is 0 Å². The van der Waals surface area contributed by atoms with E-state index in [0.717, 1.165) is 24.7 Å². The van der Waals surface area contributed by atoms with Crippen LogP contribution in [0, 0.1) is 18.3 Å². The molecular formula is C19H35ClN4O. The topological polar surface area (TPSA) is 42.3 Å². The Morgan fingerprint density at radius 3 is 2.60 bits per heavy atom. The van der Waals surface area contributed by atoms with Gasteiger partial charge in [0.2, 0.25) is 5.88 Å². The molecule has 0 aliphatic carbocycles. The first kappa shape index (κ1) is 20.5. The number of nitrogens with one attached hydrogen (secondary N) is 1. The Morgan fingerprint density at radius 2 is 1.96 bits per heavy atom. The summed E-state index contributed by atoms with van der Waals surface area (Å²) in [5.74, 6) is 1.57. The van der Waals surface area contributed by atoms with Crippen molar-refractivity contribution in [3.05, 3.63) is 11.3 Å². The van der Waals surface area contributed by atoms with E-state index in [1.165, 1.54) is 51.0 Å². The fourth-order valence-corrected chi connectivity index (χ4v) is 4.30. The average molecular weight is 371 g/mol. The van der Waals surface area contributed by atoms with Crippen LogP contribution in [-0.4, -0.2) is 47.5 Å². The Kier molecular flexibility index (Phi) is 7.18. The summed E-state index contributed by atoms with van der Waals surface area (Å²) in [5.41, 5.74) is 2.98. The monoisotopic (exact) mass is 370 g/mol. The van der Waals surface area contributed by atoms with Crippen molar-refractivity contribution in [3.8, 4) is 5.88 Å². The molecule has 3 rings (SSSR count). The highest BCUT2D eigenvalue weighted by Gasteiger charge is 2.39. The molecule has 0 saturated carbocycles. The van der Waals surface area contributed by atoms with Crippen molar-refractivity contribution in [1.29, 1.82) is 0 Å². The lowest BCUT2D eigenvalue weighted by atomic mass is 9.78. The molecule has 1 N–H and O–H groups in total. The van der Waals surface area contributed by atoms with E-state index in [1.54, 1.807) is 0 Å². The van der Waals surface area contributed by atoms with Gasteiger partial charge in [-0.05, 0) is 64.1 Å². The summed E-state index contributed by atoms with van der Waals surface area (Å²) < 4.78 is 8.08. The van der Waals surface area contributed by atoms with Crippen molar-refractivity contribution in [1.82, 2.24) is 20.0 Å². The van der Waals surface area contributed by atoms with Crippen molar-refractivity contribution in [3.63, 3.8) is 0 Å². The molecule has 0 amide bonds. The number of likely N-dealkylation sites (tertiary alicyclic amines) is 1. The number of hydrogen-bond acceptors (Lipinski definition) is 4. The minimum Gasteiger partial charge on any atom is -0.478 e. The molecule has 0 bridgehead atoms. The molecule has 0 atom stereocenters. The van der Waals surface area contributed by atoms with Crippen LogP contribution in [0.1, 0.15) is 51.3 Å². The predicted octanol–water partition coefficient (Wildman–Crippen LogP) is 3.24. The van der Waals surface area contributed by atoms with E-state index >= 15 is 0 Å². The number of aryl methyl sites for hydroxylation is 1. The Balaban J connectivity index is 0.00000225. The number of aromatic nitrogens is 2. The van der Waals surface area contributed by atoms with Crippen molar-refractivity contribution in [2.75, 3.05) is 32.8 Å². The smallest absolute Gasteiger partial charge is 0.216 e. The van der Waals surface area contributed by atoms with Crippen LogP contribution < -0.4 is 10.1 Å². The second kappa shape index (κ2) is 8.74. The van der Waals surface area contributed by atoms with Crippen LogP contribution in [0.4, 0.5) is 0 Å². The maximum Gasteiger partial charge on any atom is 0.216 e. The third kappa shape index (κ3) is 4.69. The number of rotatable bonds is 6. The molecule has 2 fully saturated rings. The van der Waals surface area contributed by atoms with Gasteiger partial charge in [-0.3, -0.25) is 4.90 Å². The van der Waals surface area contributed by atoms with Crippen LogP contribution in [0.2, 0.25) is 0 Å². The molecule has 1 aromatic heterocycles. The van der Waals surface area contributed by atoms with Gasteiger partial charge in [0, 0.05) is 19.6 Å². The Bertz CT molecular complexity index is 552. The van der Waals surface area contributed by atoms with Crippen LogP contribution in [0.15, 0.2) is 0 Å². The predicted molar refractivity (Wildman–Crippen MR) is 105 cm³/mol. The zero-order chi connectivity index (χ0) is 17.2. The molecule has 0 unspecified atom stereocenters. The summed E-state index contributed by atoms with van der Waals surface area (Å²) in [6.07, 6.45) is 4.00. The molecular weight excluding hydrogens is 336 g/mol. The second-order valence-electron chi connectivity index (χ2n) is 8.09. The van der Waals surface area contributed by atoms with Gasteiger partial charge < -0.3 is 10.1 Å². The summed E-state index contributed by atoms with van der Waals surface area (Å²) >= 11 is 0. The quantitative estimate of drug-likeness (QED) is 0.834.